The monoisotopic (exact) mass is 422 g/mol. The molecular weight excluding hydrogens is 402 g/mol. The summed E-state index contributed by atoms with van der Waals surface area (Å²) in [6.07, 6.45) is -0.749. The number of nitrogens with two attached hydrogens (primary N) is 1. The van der Waals surface area contributed by atoms with E-state index in [9.17, 15) is 18.4 Å². The van der Waals surface area contributed by atoms with Crippen molar-refractivity contribution in [1.82, 2.24) is 4.90 Å². The number of ether oxygens (including phenoxy) is 1. The minimum Gasteiger partial charge on any atom is -0.430 e. The first kappa shape index (κ1) is 20.5. The first-order chi connectivity index (χ1) is 14.8. The Morgan fingerprint density at radius 2 is 1.48 bits per heavy atom. The van der Waals surface area contributed by atoms with Gasteiger partial charge in [0.05, 0.1) is 0 Å². The predicted molar refractivity (Wildman–Crippen MR) is 110 cm³/mol. The van der Waals surface area contributed by atoms with Crippen LogP contribution in [0.15, 0.2) is 72.8 Å². The Hall–Kier alpha value is -3.74. The number of amides is 2. The molecule has 1 atom stereocenters. The zero-order valence-corrected chi connectivity index (χ0v) is 16.7. The van der Waals surface area contributed by atoms with E-state index in [-0.39, 0.29) is 6.54 Å². The smallest absolute Gasteiger partial charge is 0.412 e. The van der Waals surface area contributed by atoms with Crippen molar-refractivity contribution < 1.29 is 23.1 Å². The van der Waals surface area contributed by atoms with E-state index in [4.69, 9.17) is 10.5 Å². The largest absolute Gasteiger partial charge is 0.430 e. The molecule has 1 aliphatic heterocycles. The third-order valence-electron chi connectivity index (χ3n) is 5.53. The van der Waals surface area contributed by atoms with Crippen LogP contribution >= 0.6 is 0 Å². The molecule has 2 amide bonds. The molecule has 1 saturated heterocycles. The highest BCUT2D eigenvalue weighted by molar-refractivity contribution is 5.83. The summed E-state index contributed by atoms with van der Waals surface area (Å²) in [7, 11) is 0. The molecule has 0 saturated carbocycles. The van der Waals surface area contributed by atoms with E-state index in [1.807, 2.05) is 31.2 Å². The fourth-order valence-electron chi connectivity index (χ4n) is 4.18. The number of nitrogens with zero attached hydrogens (tertiary/aromatic N) is 1. The van der Waals surface area contributed by atoms with Gasteiger partial charge in [0.1, 0.15) is 24.2 Å². The van der Waals surface area contributed by atoms with Crippen molar-refractivity contribution >= 4 is 12.0 Å². The molecule has 4 rings (SSSR count). The summed E-state index contributed by atoms with van der Waals surface area (Å²) in [5.41, 5.74) is 6.51. The summed E-state index contributed by atoms with van der Waals surface area (Å²) >= 11 is 0. The van der Waals surface area contributed by atoms with Crippen molar-refractivity contribution in [3.05, 3.63) is 107 Å². The lowest BCUT2D eigenvalue weighted by Gasteiger charge is -2.36. The second-order valence-electron chi connectivity index (χ2n) is 7.47. The van der Waals surface area contributed by atoms with E-state index in [2.05, 4.69) is 0 Å². The van der Waals surface area contributed by atoms with Gasteiger partial charge in [-0.25, -0.2) is 13.6 Å². The molecule has 31 heavy (non-hydrogen) atoms. The lowest BCUT2D eigenvalue weighted by atomic mass is 9.76. The fraction of sp³-hybridized carbons (Fsp3) is 0.167. The summed E-state index contributed by atoms with van der Waals surface area (Å²) < 4.78 is 33.4. The molecule has 158 valence electrons. The third-order valence-corrected chi connectivity index (χ3v) is 5.53. The molecule has 1 heterocycles. The molecule has 2 N–H and O–H groups in total. The van der Waals surface area contributed by atoms with Gasteiger partial charge in [-0.2, -0.15) is 0 Å². The first-order valence-electron chi connectivity index (χ1n) is 9.68. The van der Waals surface area contributed by atoms with Crippen molar-refractivity contribution in [3.63, 3.8) is 0 Å². The van der Waals surface area contributed by atoms with Gasteiger partial charge in [0, 0.05) is 11.1 Å². The predicted octanol–water partition coefficient (Wildman–Crippen LogP) is 4.20. The number of carbonyl (C=O) groups excluding carboxylic acids is 2. The highest BCUT2D eigenvalue weighted by atomic mass is 19.1. The maximum atomic E-state index is 13.7. The van der Waals surface area contributed by atoms with E-state index >= 15 is 0 Å². The van der Waals surface area contributed by atoms with Gasteiger partial charge in [-0.15, -0.1) is 0 Å². The maximum absolute atomic E-state index is 13.7. The van der Waals surface area contributed by atoms with E-state index in [1.54, 1.807) is 0 Å². The Bertz CT molecular complexity index is 1080. The molecule has 0 bridgehead atoms. The molecule has 7 heteroatoms. The minimum absolute atomic E-state index is 0.373. The van der Waals surface area contributed by atoms with Crippen molar-refractivity contribution in [3.8, 4) is 0 Å². The van der Waals surface area contributed by atoms with E-state index < -0.39 is 35.3 Å². The second kappa shape index (κ2) is 7.83. The van der Waals surface area contributed by atoms with Crippen molar-refractivity contribution in [1.29, 1.82) is 0 Å². The van der Waals surface area contributed by atoms with Gasteiger partial charge >= 0.3 is 6.09 Å². The minimum atomic E-state index is -1.46. The lowest BCUT2D eigenvalue weighted by Crippen LogP contribution is -2.41. The number of rotatable bonds is 5. The van der Waals surface area contributed by atoms with Gasteiger partial charge in [0.25, 0.3) is 0 Å². The molecular formula is C24H20F2N2O3. The number of cyclic esters (lactones) is 1. The van der Waals surface area contributed by atoms with Crippen LogP contribution in [0.25, 0.3) is 0 Å². The Kier molecular flexibility index (Phi) is 5.19. The molecule has 0 spiro atoms. The number of hydrogen-bond donors (Lipinski definition) is 1. The van der Waals surface area contributed by atoms with Crippen LogP contribution in [0, 0.1) is 18.6 Å². The van der Waals surface area contributed by atoms with Crippen molar-refractivity contribution in [2.45, 2.75) is 18.6 Å². The standard InChI is InChI=1S/C24H20F2N2O3/c1-15-4-2-3-5-20(15)22-24(16-6-10-18(25)11-7-16,17-8-12-19(26)13-9-17)31-23(30)28(22)14-21(27)29/h2-13,22H,14H2,1H3,(H2,27,29). The molecule has 0 radical (unpaired) electrons. The Labute approximate surface area is 178 Å². The molecule has 3 aromatic rings. The highest BCUT2D eigenvalue weighted by Gasteiger charge is 2.57. The molecule has 0 aliphatic carbocycles. The first-order valence-corrected chi connectivity index (χ1v) is 9.68. The number of benzene rings is 3. The zero-order valence-electron chi connectivity index (χ0n) is 16.7. The van der Waals surface area contributed by atoms with Crippen LogP contribution in [-0.2, 0) is 15.1 Å². The van der Waals surface area contributed by atoms with Crippen molar-refractivity contribution in [2.24, 2.45) is 5.73 Å². The topological polar surface area (TPSA) is 72.6 Å². The highest BCUT2D eigenvalue weighted by Crippen LogP contribution is 2.52. The van der Waals surface area contributed by atoms with Crippen LogP contribution in [0.2, 0.25) is 0 Å². The van der Waals surface area contributed by atoms with Crippen LogP contribution in [0.1, 0.15) is 28.3 Å². The summed E-state index contributed by atoms with van der Waals surface area (Å²) in [4.78, 5) is 26.1. The number of hydrogen-bond acceptors (Lipinski definition) is 3. The van der Waals surface area contributed by atoms with E-state index in [0.717, 1.165) is 11.1 Å². The summed E-state index contributed by atoms with van der Waals surface area (Å²) in [6, 6.07) is 17.7. The Morgan fingerprint density at radius 3 is 1.97 bits per heavy atom. The van der Waals surface area contributed by atoms with Crippen LogP contribution < -0.4 is 5.73 Å². The average Bonchev–Trinajstić information content (AvgIpc) is 3.02. The molecule has 5 nitrogen and oxygen atoms in total. The zero-order chi connectivity index (χ0) is 22.2. The lowest BCUT2D eigenvalue weighted by molar-refractivity contribution is -0.118. The summed E-state index contributed by atoms with van der Waals surface area (Å²) in [5.74, 6) is -1.61. The molecule has 1 fully saturated rings. The maximum Gasteiger partial charge on any atom is 0.412 e. The van der Waals surface area contributed by atoms with Crippen molar-refractivity contribution in [2.75, 3.05) is 6.54 Å². The Morgan fingerprint density at radius 1 is 0.968 bits per heavy atom. The van der Waals surface area contributed by atoms with Crippen LogP contribution in [0.4, 0.5) is 13.6 Å². The number of carbonyl (C=O) groups is 2. The SMILES string of the molecule is Cc1ccccc1C1N(CC(N)=O)C(=O)OC1(c1ccc(F)cc1)c1ccc(F)cc1. The molecule has 1 unspecified atom stereocenters. The second-order valence-corrected chi connectivity index (χ2v) is 7.47. The molecule has 1 aliphatic rings. The van der Waals surface area contributed by atoms with Gasteiger partial charge < -0.3 is 10.5 Å². The summed E-state index contributed by atoms with van der Waals surface area (Å²) in [5, 5.41) is 0. The quantitative estimate of drug-likeness (QED) is 0.670. The van der Waals surface area contributed by atoms with E-state index in [0.29, 0.717) is 11.1 Å². The fourth-order valence-corrected chi connectivity index (χ4v) is 4.18. The Balaban J connectivity index is 2.04. The van der Waals surface area contributed by atoms with E-state index in [1.165, 1.54) is 53.4 Å². The molecule has 3 aromatic carbocycles. The summed E-state index contributed by atoms with van der Waals surface area (Å²) in [6.45, 7) is 1.50. The van der Waals surface area contributed by atoms with Crippen LogP contribution in [0.3, 0.4) is 0 Å². The normalized spacial score (nSPS) is 17.5. The molecule has 0 aromatic heterocycles. The average molecular weight is 422 g/mol. The van der Waals surface area contributed by atoms with Gasteiger partial charge in [-0.1, -0.05) is 48.5 Å². The van der Waals surface area contributed by atoms with Crippen LogP contribution in [0.5, 0.6) is 0 Å². The van der Waals surface area contributed by atoms with Crippen LogP contribution in [-0.4, -0.2) is 23.4 Å². The third kappa shape index (κ3) is 3.52. The number of primary amides is 1. The van der Waals surface area contributed by atoms with Gasteiger partial charge in [-0.05, 0) is 42.3 Å². The van der Waals surface area contributed by atoms with Gasteiger partial charge in [0.2, 0.25) is 5.91 Å². The van der Waals surface area contributed by atoms with Gasteiger partial charge in [0.15, 0.2) is 5.60 Å². The number of halogens is 2. The number of aryl methyl sites for hydroxylation is 1. The van der Waals surface area contributed by atoms with Gasteiger partial charge in [-0.3, -0.25) is 9.69 Å².